The third-order valence-corrected chi connectivity index (χ3v) is 3.42. The summed E-state index contributed by atoms with van der Waals surface area (Å²) in [5.74, 6) is -1.03. The highest BCUT2D eigenvalue weighted by Crippen LogP contribution is 2.17. The number of carbonyl (C=O) groups is 2. The van der Waals surface area contributed by atoms with E-state index in [0.717, 1.165) is 11.4 Å². The van der Waals surface area contributed by atoms with Crippen LogP contribution >= 0.6 is 0 Å². The number of nitrogens with zero attached hydrogens (tertiary/aromatic N) is 3. The lowest BCUT2D eigenvalue weighted by molar-refractivity contribution is -0.147. The average molecular weight is 293 g/mol. The molecule has 0 aromatic carbocycles. The zero-order valence-electron chi connectivity index (χ0n) is 13.3. The number of aliphatic carboxylic acids is 1. The molecule has 0 aliphatic heterocycles. The molecular formula is C15H23N3O3. The fourth-order valence-electron chi connectivity index (χ4n) is 2.09. The minimum Gasteiger partial charge on any atom is -0.480 e. The molecule has 6 nitrogen and oxygen atoms in total. The van der Waals surface area contributed by atoms with E-state index in [9.17, 15) is 14.7 Å². The van der Waals surface area contributed by atoms with E-state index in [1.807, 2.05) is 25.1 Å². The van der Waals surface area contributed by atoms with E-state index in [0.29, 0.717) is 13.1 Å². The monoisotopic (exact) mass is 293 g/mol. The summed E-state index contributed by atoms with van der Waals surface area (Å²) in [5, 5.41) is 9.27. The van der Waals surface area contributed by atoms with Crippen molar-refractivity contribution >= 4 is 12.0 Å². The van der Waals surface area contributed by atoms with Gasteiger partial charge in [-0.05, 0) is 39.8 Å². The minimum atomic E-state index is -1.25. The molecule has 1 heterocycles. The van der Waals surface area contributed by atoms with Gasteiger partial charge in [-0.25, -0.2) is 9.59 Å². The molecule has 1 aromatic rings. The second-order valence-corrected chi connectivity index (χ2v) is 5.52. The van der Waals surface area contributed by atoms with E-state index in [4.69, 9.17) is 0 Å². The summed E-state index contributed by atoms with van der Waals surface area (Å²) in [5.41, 5.74) is 0.404. The maximum absolute atomic E-state index is 12.5. The Bertz CT molecular complexity index is 529. The molecule has 1 aromatic heterocycles. The first kappa shape index (κ1) is 16.9. The topological polar surface area (TPSA) is 73.7 Å². The van der Waals surface area contributed by atoms with Gasteiger partial charge in [-0.2, -0.15) is 0 Å². The first-order valence-corrected chi connectivity index (χ1v) is 6.88. The summed E-state index contributed by atoms with van der Waals surface area (Å²) in [7, 11) is 1.65. The third-order valence-electron chi connectivity index (χ3n) is 3.42. The maximum atomic E-state index is 12.5. The van der Waals surface area contributed by atoms with Gasteiger partial charge in [0, 0.05) is 19.3 Å². The molecule has 0 unspecified atom stereocenters. The van der Waals surface area contributed by atoms with Crippen molar-refractivity contribution in [2.45, 2.75) is 39.8 Å². The quantitative estimate of drug-likeness (QED) is 0.902. The zero-order chi connectivity index (χ0) is 16.2. The van der Waals surface area contributed by atoms with Gasteiger partial charge in [0.25, 0.3) is 0 Å². The number of hydrogen-bond acceptors (Lipinski definition) is 3. The van der Waals surface area contributed by atoms with Crippen molar-refractivity contribution in [1.82, 2.24) is 14.8 Å². The number of amides is 2. The fraction of sp³-hybridized carbons (Fsp3) is 0.533. The Kier molecular flexibility index (Phi) is 5.29. The van der Waals surface area contributed by atoms with Crippen LogP contribution in [0.3, 0.4) is 0 Å². The van der Waals surface area contributed by atoms with E-state index < -0.39 is 11.5 Å². The van der Waals surface area contributed by atoms with Crippen LogP contribution < -0.4 is 0 Å². The molecule has 0 bridgehead atoms. The Labute approximate surface area is 125 Å². The SMILES string of the molecule is CCN(C(=O)N(C)Cc1cccc(C)n1)C(C)(C)C(=O)O. The van der Waals surface area contributed by atoms with Crippen LogP contribution in [0.15, 0.2) is 18.2 Å². The van der Waals surface area contributed by atoms with Crippen molar-refractivity contribution in [1.29, 1.82) is 0 Å². The van der Waals surface area contributed by atoms with Gasteiger partial charge < -0.3 is 14.9 Å². The van der Waals surface area contributed by atoms with Crippen LogP contribution in [0, 0.1) is 6.92 Å². The molecule has 116 valence electrons. The highest BCUT2D eigenvalue weighted by Gasteiger charge is 2.38. The summed E-state index contributed by atoms with van der Waals surface area (Å²) in [6.07, 6.45) is 0. The van der Waals surface area contributed by atoms with Crippen molar-refractivity contribution in [3.05, 3.63) is 29.6 Å². The number of hydrogen-bond donors (Lipinski definition) is 1. The standard InChI is InChI=1S/C15H23N3O3/c1-6-18(15(3,4)13(19)20)14(21)17(5)10-12-9-7-8-11(2)16-12/h7-9H,6,10H2,1-5H3,(H,19,20). The molecule has 1 rings (SSSR count). The van der Waals surface area contributed by atoms with Crippen LogP contribution in [0.1, 0.15) is 32.2 Å². The van der Waals surface area contributed by atoms with Crippen molar-refractivity contribution in [3.8, 4) is 0 Å². The van der Waals surface area contributed by atoms with Crippen molar-refractivity contribution in [3.63, 3.8) is 0 Å². The Morgan fingerprint density at radius 2 is 1.95 bits per heavy atom. The van der Waals surface area contributed by atoms with Crippen LogP contribution in [-0.2, 0) is 11.3 Å². The van der Waals surface area contributed by atoms with Crippen molar-refractivity contribution in [2.24, 2.45) is 0 Å². The normalized spacial score (nSPS) is 11.1. The van der Waals surface area contributed by atoms with Crippen LogP contribution in [0.2, 0.25) is 0 Å². The number of carboxylic acids is 1. The number of pyridine rings is 1. The zero-order valence-corrected chi connectivity index (χ0v) is 13.3. The van der Waals surface area contributed by atoms with Crippen molar-refractivity contribution in [2.75, 3.05) is 13.6 Å². The molecule has 0 aliphatic rings. The van der Waals surface area contributed by atoms with Gasteiger partial charge in [-0.15, -0.1) is 0 Å². The molecule has 1 N–H and O–H groups in total. The summed E-state index contributed by atoms with van der Waals surface area (Å²) >= 11 is 0. The molecule has 21 heavy (non-hydrogen) atoms. The number of aryl methyl sites for hydroxylation is 1. The molecular weight excluding hydrogens is 270 g/mol. The second kappa shape index (κ2) is 6.56. The van der Waals surface area contributed by atoms with Gasteiger partial charge in [-0.3, -0.25) is 4.98 Å². The van der Waals surface area contributed by atoms with Crippen LogP contribution in [0.5, 0.6) is 0 Å². The predicted octanol–water partition coefficient (Wildman–Crippen LogP) is 2.13. The number of likely N-dealkylation sites (N-methyl/N-ethyl adjacent to an activating group) is 1. The molecule has 0 aliphatic carbocycles. The predicted molar refractivity (Wildman–Crippen MR) is 79.9 cm³/mol. The maximum Gasteiger partial charge on any atom is 0.329 e. The van der Waals surface area contributed by atoms with Crippen LogP contribution in [-0.4, -0.2) is 51.0 Å². The van der Waals surface area contributed by atoms with Crippen LogP contribution in [0.25, 0.3) is 0 Å². The number of aromatic nitrogens is 1. The summed E-state index contributed by atoms with van der Waals surface area (Å²) in [6, 6.07) is 5.29. The molecule has 0 saturated carbocycles. The lowest BCUT2D eigenvalue weighted by Crippen LogP contribution is -2.56. The second-order valence-electron chi connectivity index (χ2n) is 5.52. The molecule has 0 spiro atoms. The van der Waals surface area contributed by atoms with Gasteiger partial charge in [-0.1, -0.05) is 6.07 Å². The van der Waals surface area contributed by atoms with Gasteiger partial charge in [0.15, 0.2) is 0 Å². The van der Waals surface area contributed by atoms with Gasteiger partial charge in [0.1, 0.15) is 5.54 Å². The van der Waals surface area contributed by atoms with E-state index >= 15 is 0 Å². The van der Waals surface area contributed by atoms with E-state index in [-0.39, 0.29) is 6.03 Å². The van der Waals surface area contributed by atoms with Crippen molar-refractivity contribution < 1.29 is 14.7 Å². The van der Waals surface area contributed by atoms with Gasteiger partial charge >= 0.3 is 12.0 Å². The fourth-order valence-corrected chi connectivity index (χ4v) is 2.09. The molecule has 0 saturated heterocycles. The lowest BCUT2D eigenvalue weighted by Gasteiger charge is -2.36. The first-order valence-electron chi connectivity index (χ1n) is 6.88. The smallest absolute Gasteiger partial charge is 0.329 e. The molecule has 2 amide bonds. The molecule has 0 atom stereocenters. The molecule has 6 heteroatoms. The summed E-state index contributed by atoms with van der Waals surface area (Å²) < 4.78 is 0. The Hall–Kier alpha value is -2.11. The van der Waals surface area contributed by atoms with Gasteiger partial charge in [0.2, 0.25) is 0 Å². The average Bonchev–Trinajstić information content (AvgIpc) is 2.38. The number of carbonyl (C=O) groups excluding carboxylic acids is 1. The number of rotatable bonds is 5. The number of carboxylic acid groups (broad SMARTS) is 1. The highest BCUT2D eigenvalue weighted by atomic mass is 16.4. The molecule has 0 radical (unpaired) electrons. The molecule has 0 fully saturated rings. The third kappa shape index (κ3) is 3.93. The Morgan fingerprint density at radius 1 is 1.33 bits per heavy atom. The number of urea groups is 1. The van der Waals surface area contributed by atoms with E-state index in [1.54, 1.807) is 14.0 Å². The van der Waals surface area contributed by atoms with E-state index in [2.05, 4.69) is 4.98 Å². The first-order chi connectivity index (χ1) is 9.70. The lowest BCUT2D eigenvalue weighted by atomic mass is 10.0. The Morgan fingerprint density at radius 3 is 2.43 bits per heavy atom. The minimum absolute atomic E-state index is 0.323. The highest BCUT2D eigenvalue weighted by molar-refractivity contribution is 5.85. The van der Waals surface area contributed by atoms with Gasteiger partial charge in [0.05, 0.1) is 12.2 Å². The largest absolute Gasteiger partial charge is 0.480 e. The summed E-state index contributed by atoms with van der Waals surface area (Å²) in [4.78, 5) is 31.0. The van der Waals surface area contributed by atoms with Crippen LogP contribution in [0.4, 0.5) is 4.79 Å². The van der Waals surface area contributed by atoms with E-state index in [1.165, 1.54) is 23.6 Å². The Balaban J connectivity index is 2.88. The summed E-state index contributed by atoms with van der Waals surface area (Å²) in [6.45, 7) is 7.36.